The van der Waals surface area contributed by atoms with Crippen molar-refractivity contribution in [1.29, 1.82) is 0 Å². The highest BCUT2D eigenvalue weighted by Gasteiger charge is 2.42. The Morgan fingerprint density at radius 2 is 2.36 bits per heavy atom. The van der Waals surface area contributed by atoms with Crippen LogP contribution in [0.5, 0.6) is 0 Å². The van der Waals surface area contributed by atoms with Crippen LogP contribution < -0.4 is 5.32 Å². The van der Waals surface area contributed by atoms with Crippen molar-refractivity contribution in [3.63, 3.8) is 0 Å². The molecule has 4 heteroatoms. The number of halogens is 1. The van der Waals surface area contributed by atoms with Crippen molar-refractivity contribution in [1.82, 2.24) is 5.32 Å². The predicted octanol–water partition coefficient (Wildman–Crippen LogP) is 1.87. The van der Waals surface area contributed by atoms with Gasteiger partial charge in [0.2, 0.25) is 5.91 Å². The molecule has 0 spiro atoms. The van der Waals surface area contributed by atoms with E-state index in [-0.39, 0.29) is 17.2 Å². The van der Waals surface area contributed by atoms with Gasteiger partial charge < -0.3 is 5.32 Å². The molecule has 2 nitrogen and oxygen atoms in total. The number of thioether (sulfide) groups is 1. The van der Waals surface area contributed by atoms with Crippen LogP contribution in [0.3, 0.4) is 0 Å². The number of alkyl halides is 1. The van der Waals surface area contributed by atoms with Crippen LogP contribution in [0.4, 0.5) is 0 Å². The molecule has 1 saturated carbocycles. The summed E-state index contributed by atoms with van der Waals surface area (Å²) in [5.41, 5.74) is 0.253. The largest absolute Gasteiger partial charge is 0.355 e. The Kier molecular flexibility index (Phi) is 3.27. The Labute approximate surface area is 94.1 Å². The maximum absolute atomic E-state index is 11.7. The molecular weight excluding hydrogens is 218 g/mol. The zero-order chi connectivity index (χ0) is 10.0. The fraction of sp³-hybridized carbons (Fsp3) is 0.900. The first-order valence-corrected chi connectivity index (χ1v) is 6.86. The Morgan fingerprint density at radius 3 is 2.86 bits per heavy atom. The Bertz CT molecular complexity index is 224. The van der Waals surface area contributed by atoms with Gasteiger partial charge in [-0.05, 0) is 25.0 Å². The van der Waals surface area contributed by atoms with Crippen LogP contribution in [0.1, 0.15) is 19.3 Å². The standard InChI is InChI=1S/C10H16ClNOS/c11-6-10(2-3-10)7-12-9(13)8-1-4-14-5-8/h8H,1-7H2,(H,12,13). The van der Waals surface area contributed by atoms with Crippen LogP contribution in [0, 0.1) is 11.3 Å². The first-order chi connectivity index (χ1) is 6.76. The molecule has 2 fully saturated rings. The molecule has 0 aromatic rings. The molecule has 1 amide bonds. The summed E-state index contributed by atoms with van der Waals surface area (Å²) in [6.45, 7) is 0.788. The third-order valence-corrected chi connectivity index (χ3v) is 4.91. The van der Waals surface area contributed by atoms with Gasteiger partial charge in [-0.3, -0.25) is 4.79 Å². The molecule has 0 radical (unpaired) electrons. The average molecular weight is 234 g/mol. The van der Waals surface area contributed by atoms with Crippen molar-refractivity contribution >= 4 is 29.3 Å². The molecule has 0 aromatic heterocycles. The summed E-state index contributed by atoms with van der Waals surface area (Å²) < 4.78 is 0. The zero-order valence-corrected chi connectivity index (χ0v) is 9.79. The number of hydrogen-bond donors (Lipinski definition) is 1. The van der Waals surface area contributed by atoms with Crippen molar-refractivity contribution in [2.24, 2.45) is 11.3 Å². The molecule has 1 heterocycles. The minimum Gasteiger partial charge on any atom is -0.355 e. The van der Waals surface area contributed by atoms with E-state index in [1.165, 1.54) is 12.8 Å². The molecule has 1 N–H and O–H groups in total. The van der Waals surface area contributed by atoms with Crippen molar-refractivity contribution in [2.75, 3.05) is 23.9 Å². The molecule has 1 aliphatic heterocycles. The second-order valence-corrected chi connectivity index (χ2v) is 5.83. The smallest absolute Gasteiger partial charge is 0.223 e. The third-order valence-electron chi connectivity index (χ3n) is 3.18. The molecule has 1 unspecified atom stereocenters. The van der Waals surface area contributed by atoms with Gasteiger partial charge in [0.25, 0.3) is 0 Å². The molecule has 2 rings (SSSR count). The Hall–Kier alpha value is 0.110. The highest BCUT2D eigenvalue weighted by atomic mass is 35.5. The molecule has 0 aromatic carbocycles. The minimum absolute atomic E-state index is 0.242. The van der Waals surface area contributed by atoms with E-state index in [1.807, 2.05) is 11.8 Å². The van der Waals surface area contributed by atoms with E-state index in [0.717, 1.165) is 24.5 Å². The van der Waals surface area contributed by atoms with Crippen molar-refractivity contribution in [3.05, 3.63) is 0 Å². The van der Waals surface area contributed by atoms with Gasteiger partial charge in [-0.1, -0.05) is 0 Å². The number of amides is 1. The maximum atomic E-state index is 11.7. The summed E-state index contributed by atoms with van der Waals surface area (Å²) in [5.74, 6) is 3.32. The number of carbonyl (C=O) groups is 1. The average Bonchev–Trinajstić information content (AvgIpc) is 2.78. The molecule has 0 bridgehead atoms. The lowest BCUT2D eigenvalue weighted by Gasteiger charge is -2.14. The van der Waals surface area contributed by atoms with E-state index >= 15 is 0 Å². The quantitative estimate of drug-likeness (QED) is 0.752. The summed E-state index contributed by atoms with van der Waals surface area (Å²) in [4.78, 5) is 11.7. The van der Waals surface area contributed by atoms with Crippen LogP contribution in [0.25, 0.3) is 0 Å². The molecular formula is C10H16ClNOS. The van der Waals surface area contributed by atoms with Gasteiger partial charge in [0.05, 0.1) is 0 Å². The Balaban J connectivity index is 1.72. The number of hydrogen-bond acceptors (Lipinski definition) is 2. The number of nitrogens with one attached hydrogen (secondary N) is 1. The van der Waals surface area contributed by atoms with E-state index in [0.29, 0.717) is 5.88 Å². The lowest BCUT2D eigenvalue weighted by atomic mass is 10.1. The van der Waals surface area contributed by atoms with Crippen LogP contribution in [-0.2, 0) is 4.79 Å². The van der Waals surface area contributed by atoms with Gasteiger partial charge in [0.1, 0.15) is 0 Å². The first-order valence-electron chi connectivity index (χ1n) is 5.17. The summed E-state index contributed by atoms with van der Waals surface area (Å²) in [6.07, 6.45) is 3.40. The molecule has 1 aliphatic carbocycles. The van der Waals surface area contributed by atoms with E-state index < -0.39 is 0 Å². The molecule has 14 heavy (non-hydrogen) atoms. The van der Waals surface area contributed by atoms with Crippen LogP contribution in [-0.4, -0.2) is 29.8 Å². The van der Waals surface area contributed by atoms with Gasteiger partial charge in [-0.15, -0.1) is 11.6 Å². The number of rotatable bonds is 4. The van der Waals surface area contributed by atoms with Crippen LogP contribution >= 0.6 is 23.4 Å². The van der Waals surface area contributed by atoms with Gasteiger partial charge in [0.15, 0.2) is 0 Å². The SMILES string of the molecule is O=C(NCC1(CCl)CC1)C1CCSC1. The lowest BCUT2D eigenvalue weighted by Crippen LogP contribution is -2.35. The first kappa shape index (κ1) is 10.6. The molecule has 1 atom stereocenters. The fourth-order valence-corrected chi connectivity index (χ4v) is 3.28. The maximum Gasteiger partial charge on any atom is 0.223 e. The topological polar surface area (TPSA) is 29.1 Å². The van der Waals surface area contributed by atoms with E-state index in [4.69, 9.17) is 11.6 Å². The predicted molar refractivity (Wildman–Crippen MR) is 60.8 cm³/mol. The summed E-state index contributed by atoms with van der Waals surface area (Å²) in [5, 5.41) is 3.04. The summed E-state index contributed by atoms with van der Waals surface area (Å²) >= 11 is 7.72. The van der Waals surface area contributed by atoms with Crippen molar-refractivity contribution in [2.45, 2.75) is 19.3 Å². The second-order valence-electron chi connectivity index (χ2n) is 4.41. The third kappa shape index (κ3) is 2.37. The van der Waals surface area contributed by atoms with Gasteiger partial charge in [-0.2, -0.15) is 11.8 Å². The van der Waals surface area contributed by atoms with E-state index in [9.17, 15) is 4.79 Å². The minimum atomic E-state index is 0.242. The monoisotopic (exact) mass is 233 g/mol. The van der Waals surface area contributed by atoms with E-state index in [1.54, 1.807) is 0 Å². The molecule has 2 aliphatic rings. The molecule has 80 valence electrons. The summed E-state index contributed by atoms with van der Waals surface area (Å²) in [7, 11) is 0. The normalized spacial score (nSPS) is 28.8. The van der Waals surface area contributed by atoms with Gasteiger partial charge >= 0.3 is 0 Å². The second kappa shape index (κ2) is 4.31. The van der Waals surface area contributed by atoms with Crippen LogP contribution in [0.2, 0.25) is 0 Å². The fourth-order valence-electron chi connectivity index (χ4n) is 1.69. The lowest BCUT2D eigenvalue weighted by molar-refractivity contribution is -0.124. The summed E-state index contributed by atoms with van der Waals surface area (Å²) in [6, 6.07) is 0. The van der Waals surface area contributed by atoms with Crippen molar-refractivity contribution in [3.8, 4) is 0 Å². The highest BCUT2D eigenvalue weighted by Crippen LogP contribution is 2.45. The Morgan fingerprint density at radius 1 is 1.57 bits per heavy atom. The van der Waals surface area contributed by atoms with Gasteiger partial charge in [-0.25, -0.2) is 0 Å². The van der Waals surface area contributed by atoms with Crippen LogP contribution in [0.15, 0.2) is 0 Å². The van der Waals surface area contributed by atoms with Crippen molar-refractivity contribution < 1.29 is 4.79 Å². The van der Waals surface area contributed by atoms with E-state index in [2.05, 4.69) is 5.32 Å². The zero-order valence-electron chi connectivity index (χ0n) is 8.22. The molecule has 1 saturated heterocycles. The number of carbonyl (C=O) groups excluding carboxylic acids is 1. The highest BCUT2D eigenvalue weighted by molar-refractivity contribution is 7.99. The van der Waals surface area contributed by atoms with Gasteiger partial charge in [0, 0.05) is 29.5 Å².